The van der Waals surface area contributed by atoms with Gasteiger partial charge in [-0.05, 0) is 36.6 Å². The maximum absolute atomic E-state index is 13.6. The second-order valence-corrected chi connectivity index (χ2v) is 5.76. The van der Waals surface area contributed by atoms with Gasteiger partial charge in [-0.3, -0.25) is 9.59 Å². The molecular formula is C19H14F2N2O4. The monoisotopic (exact) mass is 372 g/mol. The van der Waals surface area contributed by atoms with Crippen LogP contribution >= 0.6 is 0 Å². The summed E-state index contributed by atoms with van der Waals surface area (Å²) < 4.78 is 31.8. The highest BCUT2D eigenvalue weighted by Crippen LogP contribution is 2.16. The van der Waals surface area contributed by atoms with Crippen LogP contribution in [0.4, 0.5) is 14.5 Å². The van der Waals surface area contributed by atoms with Gasteiger partial charge in [0.25, 0.3) is 11.5 Å². The van der Waals surface area contributed by atoms with Crippen molar-refractivity contribution in [1.82, 2.24) is 4.98 Å². The molecule has 6 nitrogen and oxygen atoms in total. The SMILES string of the molecule is C[C@@H](OC(=O)c1cc2ccccc2c(=O)[nH]1)C(=O)Nc1cc(F)ccc1F. The van der Waals surface area contributed by atoms with E-state index in [1.807, 2.05) is 0 Å². The molecule has 0 spiro atoms. The number of aromatic amines is 1. The van der Waals surface area contributed by atoms with Crippen LogP contribution in [0, 0.1) is 11.6 Å². The Morgan fingerprint density at radius 2 is 1.85 bits per heavy atom. The van der Waals surface area contributed by atoms with Crippen molar-refractivity contribution >= 4 is 28.3 Å². The number of hydrogen-bond acceptors (Lipinski definition) is 4. The number of aromatic nitrogens is 1. The van der Waals surface area contributed by atoms with Gasteiger partial charge < -0.3 is 15.0 Å². The number of carbonyl (C=O) groups is 2. The fourth-order valence-corrected chi connectivity index (χ4v) is 2.43. The normalized spacial score (nSPS) is 11.8. The molecule has 3 aromatic rings. The molecule has 0 unspecified atom stereocenters. The van der Waals surface area contributed by atoms with Gasteiger partial charge in [-0.1, -0.05) is 18.2 Å². The summed E-state index contributed by atoms with van der Waals surface area (Å²) in [5, 5.41) is 3.08. The summed E-state index contributed by atoms with van der Waals surface area (Å²) >= 11 is 0. The fraction of sp³-hybridized carbons (Fsp3) is 0.105. The van der Waals surface area contributed by atoms with Gasteiger partial charge in [0.1, 0.15) is 17.3 Å². The fourth-order valence-electron chi connectivity index (χ4n) is 2.43. The summed E-state index contributed by atoms with van der Waals surface area (Å²) in [7, 11) is 0. The summed E-state index contributed by atoms with van der Waals surface area (Å²) in [6.45, 7) is 1.27. The van der Waals surface area contributed by atoms with Crippen LogP contribution in [-0.2, 0) is 9.53 Å². The molecule has 0 aliphatic rings. The minimum Gasteiger partial charge on any atom is -0.448 e. The number of halogens is 2. The molecule has 1 amide bonds. The number of pyridine rings is 1. The first-order valence-electron chi connectivity index (χ1n) is 7.94. The summed E-state index contributed by atoms with van der Waals surface area (Å²) in [6, 6.07) is 10.7. The standard InChI is InChI=1S/C19H14F2N2O4/c1-10(17(24)22-15-9-12(20)6-7-14(15)21)27-19(26)16-8-11-4-2-3-5-13(11)18(25)23-16/h2-10H,1H3,(H,22,24)(H,23,25)/t10-/m1/s1. The zero-order chi connectivity index (χ0) is 19.6. The van der Waals surface area contributed by atoms with Crippen LogP contribution in [-0.4, -0.2) is 23.0 Å². The number of anilines is 1. The Kier molecular flexibility index (Phi) is 4.98. The molecular weight excluding hydrogens is 358 g/mol. The zero-order valence-electron chi connectivity index (χ0n) is 14.1. The quantitative estimate of drug-likeness (QED) is 0.689. The molecule has 0 aliphatic carbocycles. The Morgan fingerprint density at radius 3 is 2.63 bits per heavy atom. The average Bonchev–Trinajstić information content (AvgIpc) is 2.64. The second kappa shape index (κ2) is 7.36. The smallest absolute Gasteiger partial charge is 0.355 e. The molecule has 0 saturated carbocycles. The van der Waals surface area contributed by atoms with Gasteiger partial charge in [0.15, 0.2) is 6.10 Å². The number of esters is 1. The Balaban J connectivity index is 1.74. The van der Waals surface area contributed by atoms with Gasteiger partial charge in [0.05, 0.1) is 5.69 Å². The number of hydrogen-bond donors (Lipinski definition) is 2. The molecule has 1 heterocycles. The van der Waals surface area contributed by atoms with Crippen molar-refractivity contribution in [2.45, 2.75) is 13.0 Å². The highest BCUT2D eigenvalue weighted by molar-refractivity contribution is 5.98. The number of fused-ring (bicyclic) bond motifs is 1. The van der Waals surface area contributed by atoms with E-state index in [-0.39, 0.29) is 11.4 Å². The van der Waals surface area contributed by atoms with Crippen LogP contribution in [0.15, 0.2) is 53.3 Å². The number of amides is 1. The molecule has 3 rings (SSSR count). The van der Waals surface area contributed by atoms with Crippen LogP contribution in [0.3, 0.4) is 0 Å². The highest BCUT2D eigenvalue weighted by Gasteiger charge is 2.21. The van der Waals surface area contributed by atoms with Crippen molar-refractivity contribution in [3.63, 3.8) is 0 Å². The molecule has 138 valence electrons. The minimum atomic E-state index is -1.31. The topological polar surface area (TPSA) is 88.3 Å². The number of nitrogens with one attached hydrogen (secondary N) is 2. The van der Waals surface area contributed by atoms with E-state index < -0.39 is 35.2 Å². The van der Waals surface area contributed by atoms with Crippen molar-refractivity contribution in [2.75, 3.05) is 5.32 Å². The molecule has 0 saturated heterocycles. The second-order valence-electron chi connectivity index (χ2n) is 5.76. The number of H-pyrrole nitrogens is 1. The lowest BCUT2D eigenvalue weighted by atomic mass is 10.1. The number of ether oxygens (including phenoxy) is 1. The van der Waals surface area contributed by atoms with Crippen molar-refractivity contribution in [1.29, 1.82) is 0 Å². The third-order valence-electron chi connectivity index (χ3n) is 3.81. The molecule has 0 bridgehead atoms. The van der Waals surface area contributed by atoms with Crippen molar-refractivity contribution < 1.29 is 23.1 Å². The lowest BCUT2D eigenvalue weighted by Gasteiger charge is -2.14. The Labute approximate surface area is 151 Å². The Hall–Kier alpha value is -3.55. The largest absolute Gasteiger partial charge is 0.448 e. The first-order chi connectivity index (χ1) is 12.8. The van der Waals surface area contributed by atoms with E-state index in [4.69, 9.17) is 4.74 Å². The van der Waals surface area contributed by atoms with Gasteiger partial charge >= 0.3 is 5.97 Å². The van der Waals surface area contributed by atoms with E-state index in [1.165, 1.54) is 13.0 Å². The third-order valence-corrected chi connectivity index (χ3v) is 3.81. The highest BCUT2D eigenvalue weighted by atomic mass is 19.1. The molecule has 8 heteroatoms. The molecule has 0 radical (unpaired) electrons. The maximum Gasteiger partial charge on any atom is 0.355 e. The first-order valence-corrected chi connectivity index (χ1v) is 7.94. The molecule has 1 atom stereocenters. The summed E-state index contributed by atoms with van der Waals surface area (Å²) in [6.07, 6.45) is -1.31. The van der Waals surface area contributed by atoms with Gasteiger partial charge in [-0.25, -0.2) is 13.6 Å². The molecule has 0 fully saturated rings. The predicted octanol–water partition coefficient (Wildman–Crippen LogP) is 2.99. The number of carbonyl (C=O) groups excluding carboxylic acids is 2. The van der Waals surface area contributed by atoms with Gasteiger partial charge in [0.2, 0.25) is 0 Å². The van der Waals surface area contributed by atoms with E-state index in [2.05, 4.69) is 10.3 Å². The minimum absolute atomic E-state index is 0.129. The van der Waals surface area contributed by atoms with E-state index >= 15 is 0 Å². The van der Waals surface area contributed by atoms with E-state index in [0.717, 1.165) is 18.2 Å². The van der Waals surface area contributed by atoms with Crippen LogP contribution in [0.2, 0.25) is 0 Å². The van der Waals surface area contributed by atoms with Crippen molar-refractivity contribution in [2.24, 2.45) is 0 Å². The van der Waals surface area contributed by atoms with Crippen molar-refractivity contribution in [3.05, 3.63) is 76.2 Å². The van der Waals surface area contributed by atoms with E-state index in [0.29, 0.717) is 10.8 Å². The lowest BCUT2D eigenvalue weighted by Crippen LogP contribution is -2.31. The van der Waals surface area contributed by atoms with Gasteiger partial charge in [0, 0.05) is 11.5 Å². The van der Waals surface area contributed by atoms with Crippen LogP contribution in [0.1, 0.15) is 17.4 Å². The van der Waals surface area contributed by atoms with E-state index in [1.54, 1.807) is 24.3 Å². The first kappa shape index (κ1) is 18.2. The summed E-state index contributed by atoms with van der Waals surface area (Å²) in [5.74, 6) is -3.34. The van der Waals surface area contributed by atoms with Crippen molar-refractivity contribution in [3.8, 4) is 0 Å². The molecule has 0 aliphatic heterocycles. The van der Waals surface area contributed by atoms with Gasteiger partial charge in [-0.15, -0.1) is 0 Å². The number of benzene rings is 2. The number of rotatable bonds is 4. The summed E-state index contributed by atoms with van der Waals surface area (Å²) in [4.78, 5) is 38.7. The summed E-state index contributed by atoms with van der Waals surface area (Å²) in [5.41, 5.74) is -0.976. The third kappa shape index (κ3) is 4.00. The molecule has 2 aromatic carbocycles. The predicted molar refractivity (Wildman–Crippen MR) is 94.4 cm³/mol. The zero-order valence-corrected chi connectivity index (χ0v) is 14.1. The maximum atomic E-state index is 13.6. The average molecular weight is 372 g/mol. The Bertz CT molecular complexity index is 1090. The molecule has 27 heavy (non-hydrogen) atoms. The molecule has 2 N–H and O–H groups in total. The van der Waals surface area contributed by atoms with E-state index in [9.17, 15) is 23.2 Å². The van der Waals surface area contributed by atoms with Gasteiger partial charge in [-0.2, -0.15) is 0 Å². The van der Waals surface area contributed by atoms with Crippen LogP contribution < -0.4 is 10.9 Å². The molecule has 1 aromatic heterocycles. The van der Waals surface area contributed by atoms with Crippen LogP contribution in [0.5, 0.6) is 0 Å². The van der Waals surface area contributed by atoms with Crippen LogP contribution in [0.25, 0.3) is 10.8 Å². The Morgan fingerprint density at radius 1 is 1.11 bits per heavy atom. The lowest BCUT2D eigenvalue weighted by molar-refractivity contribution is -0.123.